The van der Waals surface area contributed by atoms with Crippen LogP contribution in [0.15, 0.2) is 42.7 Å². The van der Waals surface area contributed by atoms with E-state index in [9.17, 15) is 0 Å². The lowest BCUT2D eigenvalue weighted by Gasteiger charge is -2.23. The Kier molecular flexibility index (Phi) is 3.44. The molecule has 1 aliphatic rings. The molecular weight excluding hydrogens is 276 g/mol. The number of ether oxygens (including phenoxy) is 1. The van der Waals surface area contributed by atoms with E-state index < -0.39 is 0 Å². The molecule has 0 saturated heterocycles. The predicted octanol–water partition coefficient (Wildman–Crippen LogP) is 2.40. The highest BCUT2D eigenvalue weighted by Gasteiger charge is 2.22. The van der Waals surface area contributed by atoms with Crippen molar-refractivity contribution in [2.45, 2.75) is 25.7 Å². The van der Waals surface area contributed by atoms with Gasteiger partial charge in [-0.05, 0) is 23.8 Å². The summed E-state index contributed by atoms with van der Waals surface area (Å²) in [5, 5.41) is 5.70. The molecule has 0 fully saturated rings. The third-order valence-electron chi connectivity index (χ3n) is 4.44. The van der Waals surface area contributed by atoms with Gasteiger partial charge in [0.15, 0.2) is 0 Å². The minimum absolute atomic E-state index is 0.173. The molecule has 22 heavy (non-hydrogen) atoms. The maximum absolute atomic E-state index is 5.63. The molecule has 0 aliphatic carbocycles. The second-order valence-corrected chi connectivity index (χ2v) is 5.89. The largest absolute Gasteiger partial charge is 0.378 e. The number of nitrogens with one attached hydrogen (secondary N) is 1. The molecule has 4 rings (SSSR count). The van der Waals surface area contributed by atoms with Crippen molar-refractivity contribution in [3.8, 4) is 0 Å². The maximum Gasteiger partial charge on any atom is 0.0894 e. The van der Waals surface area contributed by atoms with E-state index in [1.165, 1.54) is 22.2 Å². The van der Waals surface area contributed by atoms with Crippen molar-refractivity contribution >= 4 is 10.9 Å². The van der Waals surface area contributed by atoms with E-state index in [2.05, 4.69) is 50.0 Å². The van der Waals surface area contributed by atoms with E-state index >= 15 is 0 Å². The maximum atomic E-state index is 5.63. The number of hydrogen-bond acceptors (Lipinski definition) is 3. The van der Waals surface area contributed by atoms with Crippen LogP contribution in [0.3, 0.4) is 0 Å². The number of nitrogens with zero attached hydrogens (tertiary/aromatic N) is 3. The molecule has 2 aromatic heterocycles. The molecule has 0 spiro atoms. The summed E-state index contributed by atoms with van der Waals surface area (Å²) in [6.07, 6.45) is 4.05. The lowest BCUT2D eigenvalue weighted by atomic mass is 10.1. The van der Waals surface area contributed by atoms with Crippen LogP contribution in [0.2, 0.25) is 0 Å². The fourth-order valence-electron chi connectivity index (χ4n) is 3.29. The van der Waals surface area contributed by atoms with Crippen LogP contribution in [0.4, 0.5) is 0 Å². The minimum Gasteiger partial charge on any atom is -0.378 e. The van der Waals surface area contributed by atoms with Gasteiger partial charge in [0.25, 0.3) is 0 Å². The molecule has 0 bridgehead atoms. The van der Waals surface area contributed by atoms with Crippen molar-refractivity contribution < 1.29 is 4.74 Å². The summed E-state index contributed by atoms with van der Waals surface area (Å²) >= 11 is 0. The fraction of sp³-hybridized carbons (Fsp3) is 0.353. The van der Waals surface area contributed by atoms with Crippen LogP contribution in [0.25, 0.3) is 10.9 Å². The lowest BCUT2D eigenvalue weighted by Crippen LogP contribution is -2.32. The van der Waals surface area contributed by atoms with Crippen molar-refractivity contribution in [2.75, 3.05) is 13.7 Å². The predicted molar refractivity (Wildman–Crippen MR) is 85.4 cm³/mol. The Morgan fingerprint density at radius 1 is 1.27 bits per heavy atom. The molecule has 5 nitrogen and oxygen atoms in total. The van der Waals surface area contributed by atoms with Gasteiger partial charge in [0, 0.05) is 50.0 Å². The molecular formula is C17H20N4O. The number of benzene rings is 1. The third-order valence-corrected chi connectivity index (χ3v) is 4.44. The molecule has 0 saturated carbocycles. The van der Waals surface area contributed by atoms with Gasteiger partial charge in [-0.1, -0.05) is 12.1 Å². The molecule has 3 heterocycles. The second-order valence-electron chi connectivity index (χ2n) is 5.89. The fourth-order valence-corrected chi connectivity index (χ4v) is 3.29. The highest BCUT2D eigenvalue weighted by Crippen LogP contribution is 2.21. The number of fused-ring (bicyclic) bond motifs is 2. The molecule has 114 valence electrons. The van der Waals surface area contributed by atoms with Gasteiger partial charge in [0.1, 0.15) is 0 Å². The monoisotopic (exact) mass is 296 g/mol. The molecule has 3 aromatic rings. The Bertz CT molecular complexity index is 776. The molecule has 0 radical (unpaired) electrons. The number of rotatable bonds is 3. The standard InChI is InChI=1S/C17H20N4O/c1-22-15-11-20(10-14-5-8-19-21(14)12-15)9-13-3-2-4-17-16(13)6-7-18-17/h2-8,15,18H,9-12H2,1H3. The van der Waals surface area contributed by atoms with E-state index in [-0.39, 0.29) is 6.10 Å². The number of methoxy groups -OCH3 is 1. The Labute approximate surface area is 129 Å². The zero-order valence-corrected chi connectivity index (χ0v) is 12.7. The Morgan fingerprint density at radius 2 is 2.23 bits per heavy atom. The SMILES string of the molecule is COC1CN(Cc2cccc3[nH]ccc23)Cc2ccnn2C1. The van der Waals surface area contributed by atoms with E-state index in [0.717, 1.165) is 26.2 Å². The van der Waals surface area contributed by atoms with Crippen molar-refractivity contribution in [1.29, 1.82) is 0 Å². The molecule has 1 atom stereocenters. The average molecular weight is 296 g/mol. The zero-order chi connectivity index (χ0) is 14.9. The van der Waals surface area contributed by atoms with Crippen molar-refractivity contribution in [3.63, 3.8) is 0 Å². The van der Waals surface area contributed by atoms with E-state index in [1.807, 2.05) is 12.4 Å². The van der Waals surface area contributed by atoms with Crippen LogP contribution >= 0.6 is 0 Å². The summed E-state index contributed by atoms with van der Waals surface area (Å²) in [6.45, 7) is 3.56. The first-order chi connectivity index (χ1) is 10.8. The van der Waals surface area contributed by atoms with Crippen LogP contribution in [0.1, 0.15) is 11.3 Å². The molecule has 1 aromatic carbocycles. The first-order valence-corrected chi connectivity index (χ1v) is 7.64. The molecule has 5 heteroatoms. The third kappa shape index (κ3) is 2.42. The van der Waals surface area contributed by atoms with Gasteiger partial charge in [-0.2, -0.15) is 5.10 Å². The average Bonchev–Trinajstić information content (AvgIpc) is 3.14. The Hall–Kier alpha value is -2.11. The first kappa shape index (κ1) is 13.5. The van der Waals surface area contributed by atoms with Gasteiger partial charge >= 0.3 is 0 Å². The molecule has 1 N–H and O–H groups in total. The normalized spacial score (nSPS) is 19.2. The Balaban J connectivity index is 1.63. The van der Waals surface area contributed by atoms with Gasteiger partial charge in [-0.25, -0.2) is 0 Å². The second kappa shape index (κ2) is 5.59. The number of aromatic nitrogens is 3. The topological polar surface area (TPSA) is 46.1 Å². The van der Waals surface area contributed by atoms with E-state index in [0.29, 0.717) is 0 Å². The van der Waals surface area contributed by atoms with E-state index in [1.54, 1.807) is 7.11 Å². The van der Waals surface area contributed by atoms with Gasteiger partial charge in [-0.3, -0.25) is 9.58 Å². The Morgan fingerprint density at radius 3 is 3.14 bits per heavy atom. The van der Waals surface area contributed by atoms with Gasteiger partial charge < -0.3 is 9.72 Å². The summed E-state index contributed by atoms with van der Waals surface area (Å²) in [5.74, 6) is 0. The molecule has 1 unspecified atom stereocenters. The molecule has 1 aliphatic heterocycles. The quantitative estimate of drug-likeness (QED) is 0.807. The number of aromatic amines is 1. The van der Waals surface area contributed by atoms with Crippen molar-refractivity contribution in [3.05, 3.63) is 54.0 Å². The van der Waals surface area contributed by atoms with Gasteiger partial charge in [-0.15, -0.1) is 0 Å². The van der Waals surface area contributed by atoms with Crippen molar-refractivity contribution in [1.82, 2.24) is 19.7 Å². The first-order valence-electron chi connectivity index (χ1n) is 7.64. The van der Waals surface area contributed by atoms with Crippen LogP contribution in [-0.4, -0.2) is 39.4 Å². The van der Waals surface area contributed by atoms with Crippen molar-refractivity contribution in [2.24, 2.45) is 0 Å². The summed E-state index contributed by atoms with van der Waals surface area (Å²) in [7, 11) is 1.78. The summed E-state index contributed by atoms with van der Waals surface area (Å²) in [5.41, 5.74) is 3.79. The van der Waals surface area contributed by atoms with Crippen LogP contribution in [0.5, 0.6) is 0 Å². The summed E-state index contributed by atoms with van der Waals surface area (Å²) < 4.78 is 7.69. The number of hydrogen-bond donors (Lipinski definition) is 1. The minimum atomic E-state index is 0.173. The van der Waals surface area contributed by atoms with Crippen LogP contribution in [-0.2, 0) is 24.4 Å². The summed E-state index contributed by atoms with van der Waals surface area (Å²) in [4.78, 5) is 5.72. The number of H-pyrrole nitrogens is 1. The van der Waals surface area contributed by atoms with Crippen LogP contribution in [0, 0.1) is 0 Å². The molecule has 0 amide bonds. The van der Waals surface area contributed by atoms with Gasteiger partial charge in [0.05, 0.1) is 18.3 Å². The smallest absolute Gasteiger partial charge is 0.0894 e. The van der Waals surface area contributed by atoms with Gasteiger partial charge in [0.2, 0.25) is 0 Å². The highest BCUT2D eigenvalue weighted by molar-refractivity contribution is 5.82. The lowest BCUT2D eigenvalue weighted by molar-refractivity contribution is 0.0549. The highest BCUT2D eigenvalue weighted by atomic mass is 16.5. The zero-order valence-electron chi connectivity index (χ0n) is 12.7. The summed E-state index contributed by atoms with van der Waals surface area (Å²) in [6, 6.07) is 10.7. The van der Waals surface area contributed by atoms with Crippen LogP contribution < -0.4 is 0 Å². The van der Waals surface area contributed by atoms with E-state index in [4.69, 9.17) is 4.74 Å².